The first-order valence-electron chi connectivity index (χ1n) is 7.52. The van der Waals surface area contributed by atoms with Gasteiger partial charge in [-0.2, -0.15) is 5.26 Å². The molecule has 2 N–H and O–H groups in total. The number of hydrogen-bond acceptors (Lipinski definition) is 4. The molecule has 0 bridgehead atoms. The van der Waals surface area contributed by atoms with Crippen LogP contribution in [0.4, 0.5) is 0 Å². The van der Waals surface area contributed by atoms with E-state index >= 15 is 0 Å². The Balaban J connectivity index is 2.24. The SMILES string of the molecule is CCN(Cc1ccccc1)C(=O)/C(C#N)=C/c1ccc(O)c(O)c1. The third kappa shape index (κ3) is 4.14. The number of nitrogens with zero attached hydrogens (tertiary/aromatic N) is 2. The minimum absolute atomic E-state index is 0.0297. The third-order valence-electron chi connectivity index (χ3n) is 3.55. The van der Waals surface area contributed by atoms with Crippen LogP contribution in [0.2, 0.25) is 0 Å². The van der Waals surface area contributed by atoms with Crippen LogP contribution in [0.5, 0.6) is 11.5 Å². The number of rotatable bonds is 5. The van der Waals surface area contributed by atoms with Crippen molar-refractivity contribution in [2.24, 2.45) is 0 Å². The fraction of sp³-hybridized carbons (Fsp3) is 0.158. The molecule has 0 saturated heterocycles. The summed E-state index contributed by atoms with van der Waals surface area (Å²) < 4.78 is 0. The molecule has 0 heterocycles. The average molecular weight is 322 g/mol. The summed E-state index contributed by atoms with van der Waals surface area (Å²) in [6, 6.07) is 15.6. The molecular weight excluding hydrogens is 304 g/mol. The van der Waals surface area contributed by atoms with Crippen LogP contribution in [0.15, 0.2) is 54.1 Å². The van der Waals surface area contributed by atoms with Crippen LogP contribution in [0.1, 0.15) is 18.1 Å². The van der Waals surface area contributed by atoms with Crippen LogP contribution in [-0.4, -0.2) is 27.6 Å². The van der Waals surface area contributed by atoms with Crippen molar-refractivity contribution in [3.8, 4) is 17.6 Å². The summed E-state index contributed by atoms with van der Waals surface area (Å²) in [5, 5.41) is 28.2. The van der Waals surface area contributed by atoms with Crippen molar-refractivity contribution >= 4 is 12.0 Å². The molecule has 24 heavy (non-hydrogen) atoms. The summed E-state index contributed by atoms with van der Waals surface area (Å²) in [6.45, 7) is 2.73. The Bertz CT molecular complexity index is 792. The first kappa shape index (κ1) is 17.1. The van der Waals surface area contributed by atoms with Crippen LogP contribution < -0.4 is 0 Å². The number of likely N-dealkylation sites (N-methyl/N-ethyl adjacent to an activating group) is 1. The van der Waals surface area contributed by atoms with Crippen molar-refractivity contribution in [2.45, 2.75) is 13.5 Å². The topological polar surface area (TPSA) is 84.6 Å². The van der Waals surface area contributed by atoms with Crippen molar-refractivity contribution in [2.75, 3.05) is 6.54 Å². The maximum atomic E-state index is 12.6. The second kappa shape index (κ2) is 7.84. The first-order chi connectivity index (χ1) is 11.5. The Hall–Kier alpha value is -3.26. The molecule has 0 aliphatic heterocycles. The molecule has 1 amide bonds. The summed E-state index contributed by atoms with van der Waals surface area (Å²) >= 11 is 0. The van der Waals surface area contributed by atoms with Crippen LogP contribution in [-0.2, 0) is 11.3 Å². The molecule has 0 atom stereocenters. The van der Waals surface area contributed by atoms with Crippen molar-refractivity contribution in [1.29, 1.82) is 5.26 Å². The van der Waals surface area contributed by atoms with E-state index in [0.717, 1.165) is 5.56 Å². The zero-order chi connectivity index (χ0) is 17.5. The molecule has 5 heteroatoms. The second-order valence-corrected chi connectivity index (χ2v) is 5.22. The summed E-state index contributed by atoms with van der Waals surface area (Å²) in [5.41, 5.74) is 1.41. The predicted octanol–water partition coefficient (Wildman–Crippen LogP) is 3.05. The van der Waals surface area contributed by atoms with Gasteiger partial charge in [-0.15, -0.1) is 0 Å². The molecule has 0 aromatic heterocycles. The summed E-state index contributed by atoms with van der Waals surface area (Å²) in [6.07, 6.45) is 1.40. The quantitative estimate of drug-likeness (QED) is 0.503. The van der Waals surface area contributed by atoms with Crippen LogP contribution >= 0.6 is 0 Å². The summed E-state index contributed by atoms with van der Waals surface area (Å²) in [7, 11) is 0. The van der Waals surface area contributed by atoms with E-state index in [1.54, 1.807) is 4.90 Å². The highest BCUT2D eigenvalue weighted by Gasteiger charge is 2.17. The van der Waals surface area contributed by atoms with Crippen molar-refractivity contribution < 1.29 is 15.0 Å². The second-order valence-electron chi connectivity index (χ2n) is 5.22. The number of nitriles is 1. The highest BCUT2D eigenvalue weighted by Crippen LogP contribution is 2.26. The number of phenolic OH excluding ortho intramolecular Hbond substituents is 2. The molecule has 2 aromatic carbocycles. The van der Waals surface area contributed by atoms with Gasteiger partial charge in [0.1, 0.15) is 11.6 Å². The van der Waals surface area contributed by atoms with E-state index in [1.807, 2.05) is 43.3 Å². The van der Waals surface area contributed by atoms with Gasteiger partial charge in [0.25, 0.3) is 5.91 Å². The van der Waals surface area contributed by atoms with Crippen LogP contribution in [0.25, 0.3) is 6.08 Å². The minimum Gasteiger partial charge on any atom is -0.504 e. The van der Waals surface area contributed by atoms with E-state index in [4.69, 9.17) is 0 Å². The minimum atomic E-state index is -0.378. The van der Waals surface area contributed by atoms with Gasteiger partial charge in [0, 0.05) is 13.1 Å². The molecular formula is C19H18N2O3. The predicted molar refractivity (Wildman–Crippen MR) is 90.9 cm³/mol. The highest BCUT2D eigenvalue weighted by molar-refractivity contribution is 6.01. The van der Waals surface area contributed by atoms with E-state index in [0.29, 0.717) is 18.7 Å². The number of phenols is 2. The fourth-order valence-electron chi connectivity index (χ4n) is 2.24. The van der Waals surface area contributed by atoms with Crippen molar-refractivity contribution in [1.82, 2.24) is 4.90 Å². The van der Waals surface area contributed by atoms with Gasteiger partial charge in [-0.1, -0.05) is 36.4 Å². The molecule has 122 valence electrons. The number of carbonyl (C=O) groups is 1. The monoisotopic (exact) mass is 322 g/mol. The summed E-state index contributed by atoms with van der Waals surface area (Å²) in [5.74, 6) is -0.933. The first-order valence-corrected chi connectivity index (χ1v) is 7.52. The van der Waals surface area contributed by atoms with Gasteiger partial charge in [0.15, 0.2) is 11.5 Å². The van der Waals surface area contributed by atoms with Crippen LogP contribution in [0.3, 0.4) is 0 Å². The molecule has 2 rings (SSSR count). The maximum absolute atomic E-state index is 12.6. The third-order valence-corrected chi connectivity index (χ3v) is 3.55. The molecule has 0 radical (unpaired) electrons. The van der Waals surface area contributed by atoms with Gasteiger partial charge in [-0.3, -0.25) is 4.79 Å². The standard InChI is InChI=1S/C19H18N2O3/c1-2-21(13-14-6-4-3-5-7-14)19(24)16(12-20)10-15-8-9-17(22)18(23)11-15/h3-11,22-23H,2,13H2,1H3/b16-10+. The van der Waals surface area contributed by atoms with Crippen molar-refractivity contribution in [3.05, 3.63) is 65.2 Å². The Labute approximate surface area is 140 Å². The lowest BCUT2D eigenvalue weighted by Crippen LogP contribution is -2.31. The lowest BCUT2D eigenvalue weighted by molar-refractivity contribution is -0.127. The lowest BCUT2D eigenvalue weighted by atomic mass is 10.1. The Morgan fingerprint density at radius 2 is 1.88 bits per heavy atom. The highest BCUT2D eigenvalue weighted by atomic mass is 16.3. The van der Waals surface area contributed by atoms with Gasteiger partial charge in [-0.05, 0) is 36.3 Å². The number of benzene rings is 2. The largest absolute Gasteiger partial charge is 0.504 e. The molecule has 0 aliphatic carbocycles. The number of aromatic hydroxyl groups is 2. The van der Waals surface area contributed by atoms with E-state index in [9.17, 15) is 20.3 Å². The van der Waals surface area contributed by atoms with Crippen molar-refractivity contribution in [3.63, 3.8) is 0 Å². The molecule has 0 aliphatic rings. The zero-order valence-electron chi connectivity index (χ0n) is 13.3. The molecule has 0 spiro atoms. The van der Waals surface area contributed by atoms with Crippen LogP contribution in [0, 0.1) is 11.3 Å². The van der Waals surface area contributed by atoms with E-state index in [2.05, 4.69) is 0 Å². The van der Waals surface area contributed by atoms with E-state index in [1.165, 1.54) is 24.3 Å². The van der Waals surface area contributed by atoms with Gasteiger partial charge in [0.2, 0.25) is 0 Å². The Morgan fingerprint density at radius 1 is 1.17 bits per heavy atom. The average Bonchev–Trinajstić information content (AvgIpc) is 2.61. The lowest BCUT2D eigenvalue weighted by Gasteiger charge is -2.20. The number of carbonyl (C=O) groups excluding carboxylic acids is 1. The van der Waals surface area contributed by atoms with Gasteiger partial charge < -0.3 is 15.1 Å². The maximum Gasteiger partial charge on any atom is 0.264 e. The molecule has 0 fully saturated rings. The number of amides is 1. The smallest absolute Gasteiger partial charge is 0.264 e. The zero-order valence-corrected chi connectivity index (χ0v) is 13.3. The van der Waals surface area contributed by atoms with E-state index < -0.39 is 0 Å². The molecule has 0 saturated carbocycles. The van der Waals surface area contributed by atoms with Gasteiger partial charge in [0.05, 0.1) is 0 Å². The van der Waals surface area contributed by atoms with Gasteiger partial charge >= 0.3 is 0 Å². The Kier molecular flexibility index (Phi) is 5.58. The Morgan fingerprint density at radius 3 is 2.46 bits per heavy atom. The fourth-order valence-corrected chi connectivity index (χ4v) is 2.24. The number of hydrogen-bond donors (Lipinski definition) is 2. The normalized spacial score (nSPS) is 10.9. The summed E-state index contributed by atoms with van der Waals surface area (Å²) in [4.78, 5) is 14.2. The molecule has 5 nitrogen and oxygen atoms in total. The van der Waals surface area contributed by atoms with E-state index in [-0.39, 0.29) is 23.0 Å². The van der Waals surface area contributed by atoms with Gasteiger partial charge in [-0.25, -0.2) is 0 Å². The molecule has 0 unspecified atom stereocenters. The molecule has 2 aromatic rings.